The van der Waals surface area contributed by atoms with Gasteiger partial charge in [-0.1, -0.05) is 44.0 Å². The summed E-state index contributed by atoms with van der Waals surface area (Å²) < 4.78 is 13.1. The van der Waals surface area contributed by atoms with E-state index in [1.54, 1.807) is 12.1 Å². The van der Waals surface area contributed by atoms with Crippen LogP contribution in [0.1, 0.15) is 25.8 Å². The van der Waals surface area contributed by atoms with Crippen LogP contribution in [0, 0.1) is 11.7 Å². The third-order valence-corrected chi connectivity index (χ3v) is 3.18. The van der Waals surface area contributed by atoms with E-state index in [1.165, 1.54) is 6.07 Å². The highest BCUT2D eigenvalue weighted by Crippen LogP contribution is 2.23. The van der Waals surface area contributed by atoms with Gasteiger partial charge in [0.2, 0.25) is 0 Å². The standard InChI is InChI=1S/C12H16ClFO/c1-3-8(2)11(15)7-9-5-4-6-10(14)12(9)13/h4-6,8,11,15H,3,7H2,1-2H3. The van der Waals surface area contributed by atoms with Gasteiger partial charge < -0.3 is 5.11 Å². The first kappa shape index (κ1) is 12.5. The highest BCUT2D eigenvalue weighted by atomic mass is 35.5. The molecule has 1 aromatic carbocycles. The van der Waals surface area contributed by atoms with Gasteiger partial charge in [0, 0.05) is 6.42 Å². The summed E-state index contributed by atoms with van der Waals surface area (Å²) in [6.07, 6.45) is 0.842. The second kappa shape index (κ2) is 5.47. The largest absolute Gasteiger partial charge is 0.393 e. The Hall–Kier alpha value is -0.600. The Kier molecular flexibility index (Phi) is 4.55. The number of aliphatic hydroxyl groups is 1. The number of rotatable bonds is 4. The van der Waals surface area contributed by atoms with Gasteiger partial charge in [-0.15, -0.1) is 0 Å². The molecule has 2 unspecified atom stereocenters. The van der Waals surface area contributed by atoms with Crippen molar-refractivity contribution in [2.24, 2.45) is 5.92 Å². The summed E-state index contributed by atoms with van der Waals surface area (Å²) in [5, 5.41) is 9.93. The minimum Gasteiger partial charge on any atom is -0.393 e. The molecule has 1 nitrogen and oxygen atoms in total. The molecule has 0 aliphatic rings. The molecule has 0 aromatic heterocycles. The number of hydrogen-bond donors (Lipinski definition) is 1. The van der Waals surface area contributed by atoms with Crippen LogP contribution in [0.4, 0.5) is 4.39 Å². The summed E-state index contributed by atoms with van der Waals surface area (Å²) in [4.78, 5) is 0. The van der Waals surface area contributed by atoms with Crippen molar-refractivity contribution in [3.8, 4) is 0 Å². The van der Waals surface area contributed by atoms with Gasteiger partial charge in [0.25, 0.3) is 0 Å². The van der Waals surface area contributed by atoms with Gasteiger partial charge >= 0.3 is 0 Å². The SMILES string of the molecule is CCC(C)C(O)Cc1cccc(F)c1Cl. The van der Waals surface area contributed by atoms with E-state index in [-0.39, 0.29) is 10.9 Å². The molecule has 0 fully saturated rings. The van der Waals surface area contributed by atoms with Crippen molar-refractivity contribution >= 4 is 11.6 Å². The molecule has 0 saturated carbocycles. The fourth-order valence-corrected chi connectivity index (χ4v) is 1.61. The number of hydrogen-bond acceptors (Lipinski definition) is 1. The molecule has 0 bridgehead atoms. The van der Waals surface area contributed by atoms with Crippen LogP contribution in [0.15, 0.2) is 18.2 Å². The number of benzene rings is 1. The van der Waals surface area contributed by atoms with E-state index in [2.05, 4.69) is 0 Å². The normalized spacial score (nSPS) is 15.0. The second-order valence-corrected chi connectivity index (χ2v) is 4.25. The summed E-state index contributed by atoms with van der Waals surface area (Å²) in [7, 11) is 0. The average molecular weight is 231 g/mol. The smallest absolute Gasteiger partial charge is 0.142 e. The van der Waals surface area contributed by atoms with E-state index >= 15 is 0 Å². The summed E-state index contributed by atoms with van der Waals surface area (Å²) in [6, 6.07) is 4.68. The maximum absolute atomic E-state index is 13.1. The molecule has 0 heterocycles. The van der Waals surface area contributed by atoms with Gasteiger partial charge in [-0.2, -0.15) is 0 Å². The van der Waals surface area contributed by atoms with Crippen LogP contribution in [-0.2, 0) is 6.42 Å². The van der Waals surface area contributed by atoms with Crippen molar-refractivity contribution in [1.29, 1.82) is 0 Å². The molecule has 1 N–H and O–H groups in total. The first-order valence-electron chi connectivity index (χ1n) is 5.17. The van der Waals surface area contributed by atoms with Crippen LogP contribution in [0.3, 0.4) is 0 Å². The highest BCUT2D eigenvalue weighted by Gasteiger charge is 2.15. The third kappa shape index (κ3) is 3.18. The zero-order chi connectivity index (χ0) is 11.4. The van der Waals surface area contributed by atoms with Gasteiger partial charge in [0.1, 0.15) is 5.82 Å². The predicted octanol–water partition coefficient (Wildman–Crippen LogP) is 3.43. The van der Waals surface area contributed by atoms with E-state index in [1.807, 2.05) is 13.8 Å². The molecule has 0 amide bonds. The maximum Gasteiger partial charge on any atom is 0.142 e. The van der Waals surface area contributed by atoms with Gasteiger partial charge in [-0.3, -0.25) is 0 Å². The average Bonchev–Trinajstić information content (AvgIpc) is 2.23. The highest BCUT2D eigenvalue weighted by molar-refractivity contribution is 6.31. The summed E-state index contributed by atoms with van der Waals surface area (Å²) in [5.74, 6) is -0.227. The number of halogens is 2. The van der Waals surface area contributed by atoms with Gasteiger partial charge in [-0.05, 0) is 17.5 Å². The minimum atomic E-state index is -0.464. The van der Waals surface area contributed by atoms with E-state index in [0.717, 1.165) is 6.42 Å². The van der Waals surface area contributed by atoms with Crippen LogP contribution in [0.25, 0.3) is 0 Å². The molecule has 0 saturated heterocycles. The molecule has 15 heavy (non-hydrogen) atoms. The number of aliphatic hydroxyl groups excluding tert-OH is 1. The lowest BCUT2D eigenvalue weighted by Gasteiger charge is -2.17. The maximum atomic E-state index is 13.1. The quantitative estimate of drug-likeness (QED) is 0.840. The van der Waals surface area contributed by atoms with E-state index < -0.39 is 11.9 Å². The molecule has 1 rings (SSSR count). The Morgan fingerprint density at radius 3 is 2.73 bits per heavy atom. The first-order valence-corrected chi connectivity index (χ1v) is 5.55. The fraction of sp³-hybridized carbons (Fsp3) is 0.500. The zero-order valence-electron chi connectivity index (χ0n) is 9.00. The van der Waals surface area contributed by atoms with Crippen molar-refractivity contribution in [3.05, 3.63) is 34.6 Å². The molecule has 2 atom stereocenters. The lowest BCUT2D eigenvalue weighted by atomic mass is 9.96. The van der Waals surface area contributed by atoms with Crippen molar-refractivity contribution in [2.75, 3.05) is 0 Å². The molecular formula is C12H16ClFO. The Balaban J connectivity index is 2.76. The van der Waals surface area contributed by atoms with Crippen molar-refractivity contribution in [2.45, 2.75) is 32.8 Å². The predicted molar refractivity (Wildman–Crippen MR) is 60.6 cm³/mol. The second-order valence-electron chi connectivity index (χ2n) is 3.87. The summed E-state index contributed by atoms with van der Waals surface area (Å²) in [5.41, 5.74) is 0.671. The monoisotopic (exact) mass is 230 g/mol. The van der Waals surface area contributed by atoms with Crippen molar-refractivity contribution in [3.63, 3.8) is 0 Å². The van der Waals surface area contributed by atoms with Crippen LogP contribution in [0.5, 0.6) is 0 Å². The van der Waals surface area contributed by atoms with Crippen molar-refractivity contribution < 1.29 is 9.50 Å². The lowest BCUT2D eigenvalue weighted by molar-refractivity contribution is 0.115. The Labute approximate surface area is 94.9 Å². The van der Waals surface area contributed by atoms with Crippen LogP contribution in [-0.4, -0.2) is 11.2 Å². The van der Waals surface area contributed by atoms with Gasteiger partial charge in [0.15, 0.2) is 0 Å². The summed E-state index contributed by atoms with van der Waals surface area (Å²) in [6.45, 7) is 3.99. The molecule has 3 heteroatoms. The Morgan fingerprint density at radius 2 is 2.13 bits per heavy atom. The zero-order valence-corrected chi connectivity index (χ0v) is 9.76. The van der Waals surface area contributed by atoms with E-state index in [4.69, 9.17) is 11.6 Å². The van der Waals surface area contributed by atoms with Crippen LogP contribution >= 0.6 is 11.6 Å². The van der Waals surface area contributed by atoms with Crippen molar-refractivity contribution in [1.82, 2.24) is 0 Å². The fourth-order valence-electron chi connectivity index (χ4n) is 1.40. The molecule has 84 valence electrons. The minimum absolute atomic E-state index is 0.125. The van der Waals surface area contributed by atoms with E-state index in [0.29, 0.717) is 12.0 Å². The molecule has 0 aliphatic carbocycles. The first-order chi connectivity index (χ1) is 7.06. The van der Waals surface area contributed by atoms with Crippen LogP contribution in [0.2, 0.25) is 5.02 Å². The third-order valence-electron chi connectivity index (χ3n) is 2.76. The van der Waals surface area contributed by atoms with E-state index in [9.17, 15) is 9.50 Å². The Bertz CT molecular complexity index is 327. The molecule has 1 aromatic rings. The lowest BCUT2D eigenvalue weighted by Crippen LogP contribution is -2.19. The topological polar surface area (TPSA) is 20.2 Å². The van der Waals surface area contributed by atoms with Gasteiger partial charge in [0.05, 0.1) is 11.1 Å². The molecule has 0 spiro atoms. The molecular weight excluding hydrogens is 215 g/mol. The van der Waals surface area contributed by atoms with Gasteiger partial charge in [-0.25, -0.2) is 4.39 Å². The molecule has 0 aliphatic heterocycles. The van der Waals surface area contributed by atoms with Crippen LogP contribution < -0.4 is 0 Å². The summed E-state index contributed by atoms with van der Waals surface area (Å²) >= 11 is 5.80. The Morgan fingerprint density at radius 1 is 1.47 bits per heavy atom. The molecule has 0 radical (unpaired) electrons.